The zero-order valence-corrected chi connectivity index (χ0v) is 47.0. The Bertz CT molecular complexity index is 1600. The topological polar surface area (TPSA) is 228 Å². The van der Waals surface area contributed by atoms with Gasteiger partial charge in [0.05, 0.1) is 32.0 Å². The first-order chi connectivity index (χ1) is 37.1. The fourth-order valence-corrected chi connectivity index (χ4v) is 9.33. The lowest BCUT2D eigenvalue weighted by molar-refractivity contribution is -0.359. The Hall–Kier alpha value is -2.83. The van der Waals surface area contributed by atoms with E-state index in [-0.39, 0.29) is 12.5 Å². The van der Waals surface area contributed by atoms with Gasteiger partial charge in [0.15, 0.2) is 12.6 Å². The van der Waals surface area contributed by atoms with Crippen LogP contribution in [0.2, 0.25) is 0 Å². The van der Waals surface area contributed by atoms with Crippen molar-refractivity contribution in [2.24, 2.45) is 0 Å². The van der Waals surface area contributed by atoms with Crippen molar-refractivity contribution in [2.75, 3.05) is 19.8 Å². The number of hydrogen-bond donors (Lipinski definition) is 9. The number of rotatable bonds is 46. The molecule has 0 aliphatic carbocycles. The van der Waals surface area contributed by atoms with E-state index >= 15 is 0 Å². The highest BCUT2D eigenvalue weighted by Crippen LogP contribution is 2.30. The predicted molar refractivity (Wildman–Crippen MR) is 304 cm³/mol. The average Bonchev–Trinajstić information content (AvgIpc) is 3.42. The molecule has 0 aromatic rings. The van der Waals surface area contributed by atoms with E-state index in [0.717, 1.165) is 103 Å². The molecule has 2 aliphatic heterocycles. The van der Waals surface area contributed by atoms with Gasteiger partial charge in [-0.2, -0.15) is 0 Å². The van der Waals surface area contributed by atoms with Crippen molar-refractivity contribution in [3.63, 3.8) is 0 Å². The molecule has 0 bridgehead atoms. The number of aliphatic hydroxyl groups is 8. The highest BCUT2D eigenvalue weighted by Gasteiger charge is 2.51. The molecule has 2 aliphatic rings. The van der Waals surface area contributed by atoms with Gasteiger partial charge in [-0.25, -0.2) is 0 Å². The summed E-state index contributed by atoms with van der Waals surface area (Å²) in [4.78, 5) is 13.1. The molecule has 76 heavy (non-hydrogen) atoms. The molecular formula is C62H107NO13. The molecule has 2 saturated heterocycles. The van der Waals surface area contributed by atoms with Crippen LogP contribution in [0.3, 0.4) is 0 Å². The summed E-state index contributed by atoms with van der Waals surface area (Å²) in [6, 6.07) is -0.828. The van der Waals surface area contributed by atoms with Crippen molar-refractivity contribution in [2.45, 2.75) is 280 Å². The van der Waals surface area contributed by atoms with Crippen LogP contribution in [0.15, 0.2) is 85.1 Å². The minimum absolute atomic E-state index is 0.217. The molecule has 0 aromatic heterocycles. The second-order valence-corrected chi connectivity index (χ2v) is 20.7. The molecule has 2 fully saturated rings. The number of unbranched alkanes of at least 4 members (excludes halogenated alkanes) is 19. The monoisotopic (exact) mass is 1070 g/mol. The normalized spacial score (nSPS) is 25.5. The Morgan fingerprint density at radius 3 is 1.39 bits per heavy atom. The molecule has 0 aromatic carbocycles. The maximum Gasteiger partial charge on any atom is 0.220 e. The molecule has 14 heteroatoms. The van der Waals surface area contributed by atoms with E-state index in [4.69, 9.17) is 18.9 Å². The third-order valence-corrected chi connectivity index (χ3v) is 14.1. The number of allylic oxidation sites excluding steroid dienone is 14. The lowest BCUT2D eigenvalue weighted by Crippen LogP contribution is -2.65. The van der Waals surface area contributed by atoms with Crippen LogP contribution in [0.1, 0.15) is 206 Å². The maximum absolute atomic E-state index is 13.1. The van der Waals surface area contributed by atoms with Gasteiger partial charge in [-0.15, -0.1) is 0 Å². The molecule has 0 spiro atoms. The van der Waals surface area contributed by atoms with Gasteiger partial charge in [0, 0.05) is 6.42 Å². The van der Waals surface area contributed by atoms with Gasteiger partial charge < -0.3 is 65.1 Å². The van der Waals surface area contributed by atoms with Crippen molar-refractivity contribution < 1.29 is 64.6 Å². The van der Waals surface area contributed by atoms with Crippen LogP contribution in [0.4, 0.5) is 0 Å². The standard InChI is InChI=1S/C62H107NO13/c1-3-5-7-9-10-11-12-13-14-15-16-17-18-19-20-21-22-23-24-25-26-27-28-29-30-31-32-33-34-35-36-37-38-39-40-42-44-46-54(67)63-50(51(66)45-43-41-8-6-4-2)49-73-61-59(72)57(70)60(53(48-65)75-61)76-62-58(71)56(69)55(68)52(47-64)74-62/h5,7,10-11,13-14,16-17,19-20,22-23,25-26,50-53,55-62,64-66,68-72H,3-4,6,8-9,12,15,18,21,24,27-49H2,1-2H3,(H,63,67)/b7-5-,11-10-,14-13-,17-16-,20-19-,23-22-,26-25-. The van der Waals surface area contributed by atoms with Gasteiger partial charge in [-0.1, -0.05) is 214 Å². The van der Waals surface area contributed by atoms with E-state index in [1.54, 1.807) is 0 Å². The maximum atomic E-state index is 13.1. The van der Waals surface area contributed by atoms with Crippen LogP contribution >= 0.6 is 0 Å². The van der Waals surface area contributed by atoms with E-state index in [1.807, 2.05) is 0 Å². The Balaban J connectivity index is 1.52. The van der Waals surface area contributed by atoms with E-state index in [0.29, 0.717) is 12.8 Å². The molecule has 2 heterocycles. The highest BCUT2D eigenvalue weighted by atomic mass is 16.7. The Morgan fingerprint density at radius 2 is 0.908 bits per heavy atom. The van der Waals surface area contributed by atoms with Crippen molar-refractivity contribution in [1.82, 2.24) is 5.32 Å². The molecular weight excluding hydrogens is 967 g/mol. The number of hydrogen-bond acceptors (Lipinski definition) is 13. The van der Waals surface area contributed by atoms with Crippen LogP contribution < -0.4 is 5.32 Å². The van der Waals surface area contributed by atoms with E-state index < -0.39 is 86.8 Å². The van der Waals surface area contributed by atoms with Gasteiger partial charge >= 0.3 is 0 Å². The summed E-state index contributed by atoms with van der Waals surface area (Å²) in [5.74, 6) is -0.217. The van der Waals surface area contributed by atoms with Gasteiger partial charge in [-0.05, 0) is 70.6 Å². The zero-order chi connectivity index (χ0) is 55.3. The number of nitrogens with one attached hydrogen (secondary N) is 1. The van der Waals surface area contributed by atoms with Gasteiger partial charge in [0.25, 0.3) is 0 Å². The summed E-state index contributed by atoms with van der Waals surface area (Å²) in [6.45, 7) is 2.63. The first-order valence-corrected chi connectivity index (χ1v) is 29.8. The van der Waals surface area contributed by atoms with Crippen molar-refractivity contribution in [3.8, 4) is 0 Å². The third kappa shape index (κ3) is 32.3. The van der Waals surface area contributed by atoms with Crippen LogP contribution in [0.5, 0.6) is 0 Å². The molecule has 0 saturated carbocycles. The Labute approximate surface area is 459 Å². The molecule has 438 valence electrons. The fourth-order valence-electron chi connectivity index (χ4n) is 9.33. The summed E-state index contributed by atoms with van der Waals surface area (Å²) in [5, 5.41) is 86.5. The second kappa shape index (κ2) is 47.0. The van der Waals surface area contributed by atoms with Crippen LogP contribution in [-0.2, 0) is 23.7 Å². The third-order valence-electron chi connectivity index (χ3n) is 14.1. The minimum Gasteiger partial charge on any atom is -0.394 e. The molecule has 2 rings (SSSR count). The Morgan fingerprint density at radius 1 is 0.487 bits per heavy atom. The smallest absolute Gasteiger partial charge is 0.220 e. The van der Waals surface area contributed by atoms with Crippen molar-refractivity contribution >= 4 is 5.91 Å². The van der Waals surface area contributed by atoms with Crippen LogP contribution in [-0.4, -0.2) is 140 Å². The number of amides is 1. The summed E-state index contributed by atoms with van der Waals surface area (Å²) >= 11 is 0. The molecule has 12 atom stereocenters. The summed E-state index contributed by atoms with van der Waals surface area (Å²) < 4.78 is 22.6. The lowest BCUT2D eigenvalue weighted by Gasteiger charge is -2.46. The number of aliphatic hydroxyl groups excluding tert-OH is 8. The number of carbonyl (C=O) groups is 1. The highest BCUT2D eigenvalue weighted by molar-refractivity contribution is 5.76. The molecule has 1 amide bonds. The summed E-state index contributed by atoms with van der Waals surface area (Å²) in [5.41, 5.74) is 0. The van der Waals surface area contributed by atoms with Crippen molar-refractivity contribution in [1.29, 1.82) is 0 Å². The summed E-state index contributed by atoms with van der Waals surface area (Å²) in [6.07, 6.45) is 46.8. The van der Waals surface area contributed by atoms with E-state index in [9.17, 15) is 45.6 Å². The fraction of sp³-hybridized carbons (Fsp3) is 0.758. The first kappa shape index (κ1) is 69.3. The summed E-state index contributed by atoms with van der Waals surface area (Å²) in [7, 11) is 0. The van der Waals surface area contributed by atoms with Crippen LogP contribution in [0, 0.1) is 0 Å². The minimum atomic E-state index is -1.78. The molecule has 14 nitrogen and oxygen atoms in total. The van der Waals surface area contributed by atoms with E-state index in [2.05, 4.69) is 104 Å². The quantitative estimate of drug-likeness (QED) is 0.0205. The Kier molecular flexibility index (Phi) is 42.9. The number of carbonyl (C=O) groups excluding carboxylic acids is 1. The van der Waals surface area contributed by atoms with Gasteiger partial charge in [-0.3, -0.25) is 4.79 Å². The first-order valence-electron chi connectivity index (χ1n) is 29.8. The van der Waals surface area contributed by atoms with Crippen LogP contribution in [0.25, 0.3) is 0 Å². The molecule has 0 radical (unpaired) electrons. The van der Waals surface area contributed by atoms with Gasteiger partial charge in [0.2, 0.25) is 5.91 Å². The zero-order valence-electron chi connectivity index (χ0n) is 47.0. The van der Waals surface area contributed by atoms with Gasteiger partial charge in [0.1, 0.15) is 48.8 Å². The second-order valence-electron chi connectivity index (χ2n) is 20.7. The number of ether oxygens (including phenoxy) is 4. The molecule has 9 N–H and O–H groups in total. The SMILES string of the molecule is CC/C=C\C/C=C\C/C=C\C/C=C\C/C=C\C/C=C\C/C=C\CCCCCCCCCCCCCCCCCC(=O)NC(COC1OC(CO)C(OC2OC(CO)C(O)C(O)C2O)C(O)C1O)C(O)CCCCCCC. The largest absolute Gasteiger partial charge is 0.394 e. The predicted octanol–water partition coefficient (Wildman–Crippen LogP) is 10.1. The van der Waals surface area contributed by atoms with E-state index in [1.165, 1.54) is 77.0 Å². The lowest BCUT2D eigenvalue weighted by atomic mass is 9.97. The average molecular weight is 1070 g/mol. The van der Waals surface area contributed by atoms with Crippen molar-refractivity contribution in [3.05, 3.63) is 85.1 Å². The molecule has 12 unspecified atom stereocenters.